The molecular weight excluding hydrogens is 238 g/mol. The molecule has 2 unspecified atom stereocenters. The minimum atomic E-state index is 0.00255. The molecule has 0 spiro atoms. The van der Waals surface area contributed by atoms with E-state index in [1.165, 1.54) is 39.1 Å². The molecule has 2 rings (SSSR count). The summed E-state index contributed by atoms with van der Waals surface area (Å²) in [7, 11) is 0. The maximum Gasteiger partial charge on any atom is 0.0613 e. The third-order valence-electron chi connectivity index (χ3n) is 5.01. The summed E-state index contributed by atoms with van der Waals surface area (Å²) in [6.07, 6.45) is 4.63. The van der Waals surface area contributed by atoms with Crippen LogP contribution in [0.25, 0.3) is 0 Å². The first-order valence-electron chi connectivity index (χ1n) is 8.05. The molecule has 0 radical (unpaired) electrons. The van der Waals surface area contributed by atoms with Gasteiger partial charge in [-0.05, 0) is 38.8 Å². The third-order valence-corrected chi connectivity index (χ3v) is 5.01. The normalized spacial score (nSPS) is 33.9. The summed E-state index contributed by atoms with van der Waals surface area (Å²) in [6.45, 7) is 11.8. The minimum Gasteiger partial charge on any atom is -0.394 e. The Kier molecular flexibility index (Phi) is 5.63. The van der Waals surface area contributed by atoms with Crippen LogP contribution >= 0.6 is 0 Å². The fourth-order valence-corrected chi connectivity index (χ4v) is 3.60. The van der Waals surface area contributed by atoms with E-state index in [0.29, 0.717) is 12.6 Å². The third kappa shape index (κ3) is 3.69. The standard InChI is InChI=1S/C15H31N3O/c1-3-7-16-15(13-19)6-5-14(12-15)18-10-8-17(4-2)9-11-18/h14,16,19H,3-13H2,1-2H3. The molecule has 2 N–H and O–H groups in total. The van der Waals surface area contributed by atoms with Gasteiger partial charge in [-0.2, -0.15) is 0 Å². The number of aliphatic hydroxyl groups is 1. The Morgan fingerprint density at radius 1 is 1.21 bits per heavy atom. The lowest BCUT2D eigenvalue weighted by Crippen LogP contribution is -2.52. The maximum atomic E-state index is 9.75. The van der Waals surface area contributed by atoms with Crippen molar-refractivity contribution >= 4 is 0 Å². The van der Waals surface area contributed by atoms with E-state index in [4.69, 9.17) is 0 Å². The Hall–Kier alpha value is -0.160. The van der Waals surface area contributed by atoms with E-state index in [1.807, 2.05) is 0 Å². The van der Waals surface area contributed by atoms with Crippen LogP contribution in [-0.2, 0) is 0 Å². The van der Waals surface area contributed by atoms with Crippen LogP contribution in [0, 0.1) is 0 Å². The highest BCUT2D eigenvalue weighted by Gasteiger charge is 2.40. The highest BCUT2D eigenvalue weighted by molar-refractivity contribution is 5.00. The lowest BCUT2D eigenvalue weighted by Gasteiger charge is -2.38. The smallest absolute Gasteiger partial charge is 0.0613 e. The Morgan fingerprint density at radius 3 is 2.53 bits per heavy atom. The van der Waals surface area contributed by atoms with Crippen molar-refractivity contribution in [3.05, 3.63) is 0 Å². The van der Waals surface area contributed by atoms with E-state index >= 15 is 0 Å². The molecular formula is C15H31N3O. The molecule has 1 aliphatic carbocycles. The van der Waals surface area contributed by atoms with Crippen molar-refractivity contribution in [2.24, 2.45) is 0 Å². The zero-order chi connectivity index (χ0) is 13.7. The first-order valence-corrected chi connectivity index (χ1v) is 8.05. The molecule has 2 fully saturated rings. The summed E-state index contributed by atoms with van der Waals surface area (Å²) in [5, 5.41) is 13.3. The van der Waals surface area contributed by atoms with Crippen molar-refractivity contribution in [1.29, 1.82) is 0 Å². The Balaban J connectivity index is 1.83. The van der Waals surface area contributed by atoms with Gasteiger partial charge < -0.3 is 15.3 Å². The van der Waals surface area contributed by atoms with Crippen molar-refractivity contribution in [2.75, 3.05) is 45.9 Å². The summed E-state index contributed by atoms with van der Waals surface area (Å²) in [5.74, 6) is 0. The number of aliphatic hydroxyl groups excluding tert-OH is 1. The highest BCUT2D eigenvalue weighted by Crippen LogP contribution is 2.33. The maximum absolute atomic E-state index is 9.75. The van der Waals surface area contributed by atoms with Crippen molar-refractivity contribution in [2.45, 2.75) is 51.1 Å². The van der Waals surface area contributed by atoms with Crippen LogP contribution in [0.5, 0.6) is 0 Å². The number of piperazine rings is 1. The average molecular weight is 269 g/mol. The average Bonchev–Trinajstić information content (AvgIpc) is 2.90. The van der Waals surface area contributed by atoms with Gasteiger partial charge in [-0.3, -0.25) is 4.90 Å². The van der Waals surface area contributed by atoms with Gasteiger partial charge >= 0.3 is 0 Å². The molecule has 0 amide bonds. The quantitative estimate of drug-likeness (QED) is 0.752. The second-order valence-corrected chi connectivity index (χ2v) is 6.23. The SMILES string of the molecule is CCCNC1(CO)CCC(N2CCN(CC)CC2)C1. The molecule has 2 atom stereocenters. The molecule has 1 saturated heterocycles. The molecule has 1 heterocycles. The summed E-state index contributed by atoms with van der Waals surface area (Å²) >= 11 is 0. The first-order chi connectivity index (χ1) is 9.23. The number of hydrogen-bond acceptors (Lipinski definition) is 4. The van der Waals surface area contributed by atoms with Crippen molar-refractivity contribution in [3.8, 4) is 0 Å². The van der Waals surface area contributed by atoms with E-state index in [1.54, 1.807) is 0 Å². The number of nitrogens with one attached hydrogen (secondary N) is 1. The zero-order valence-electron chi connectivity index (χ0n) is 12.7. The van der Waals surface area contributed by atoms with Gasteiger partial charge in [0.15, 0.2) is 0 Å². The van der Waals surface area contributed by atoms with Crippen molar-refractivity contribution in [1.82, 2.24) is 15.1 Å². The molecule has 0 aromatic rings. The van der Waals surface area contributed by atoms with Gasteiger partial charge in [0.2, 0.25) is 0 Å². The van der Waals surface area contributed by atoms with Crippen molar-refractivity contribution in [3.63, 3.8) is 0 Å². The van der Waals surface area contributed by atoms with Crippen LogP contribution < -0.4 is 5.32 Å². The molecule has 0 aromatic carbocycles. The molecule has 0 bridgehead atoms. The lowest BCUT2D eigenvalue weighted by molar-refractivity contribution is 0.0909. The molecule has 2 aliphatic rings. The fraction of sp³-hybridized carbons (Fsp3) is 1.00. The summed E-state index contributed by atoms with van der Waals surface area (Å²) < 4.78 is 0. The van der Waals surface area contributed by atoms with Gasteiger partial charge in [-0.25, -0.2) is 0 Å². The van der Waals surface area contributed by atoms with E-state index in [0.717, 1.165) is 25.8 Å². The van der Waals surface area contributed by atoms with E-state index < -0.39 is 0 Å². The topological polar surface area (TPSA) is 38.7 Å². The molecule has 1 saturated carbocycles. The first kappa shape index (κ1) is 15.2. The van der Waals surface area contributed by atoms with Gasteiger partial charge in [-0.1, -0.05) is 13.8 Å². The Morgan fingerprint density at radius 2 is 1.95 bits per heavy atom. The molecule has 1 aliphatic heterocycles. The Labute approximate surface area is 118 Å². The number of rotatable bonds is 6. The molecule has 4 heteroatoms. The number of hydrogen-bond donors (Lipinski definition) is 2. The van der Waals surface area contributed by atoms with Crippen LogP contribution in [0.15, 0.2) is 0 Å². The fourth-order valence-electron chi connectivity index (χ4n) is 3.60. The number of nitrogens with zero attached hydrogens (tertiary/aromatic N) is 2. The lowest BCUT2D eigenvalue weighted by atomic mass is 9.98. The highest BCUT2D eigenvalue weighted by atomic mass is 16.3. The predicted molar refractivity (Wildman–Crippen MR) is 79.4 cm³/mol. The molecule has 4 nitrogen and oxygen atoms in total. The van der Waals surface area contributed by atoms with Crippen molar-refractivity contribution < 1.29 is 5.11 Å². The summed E-state index contributed by atoms with van der Waals surface area (Å²) in [5.41, 5.74) is 0.00255. The van der Waals surface area contributed by atoms with Crippen LogP contribution in [0.4, 0.5) is 0 Å². The second-order valence-electron chi connectivity index (χ2n) is 6.23. The van der Waals surface area contributed by atoms with Crippen LogP contribution in [0.3, 0.4) is 0 Å². The van der Waals surface area contributed by atoms with E-state index in [-0.39, 0.29) is 5.54 Å². The van der Waals surface area contributed by atoms with Crippen LogP contribution in [0.2, 0.25) is 0 Å². The van der Waals surface area contributed by atoms with Gasteiger partial charge in [0, 0.05) is 37.8 Å². The van der Waals surface area contributed by atoms with E-state index in [9.17, 15) is 5.11 Å². The molecule has 19 heavy (non-hydrogen) atoms. The van der Waals surface area contributed by atoms with E-state index in [2.05, 4.69) is 29.0 Å². The van der Waals surface area contributed by atoms with Crippen LogP contribution in [-0.4, -0.2) is 72.4 Å². The predicted octanol–water partition coefficient (Wildman–Crippen LogP) is 0.907. The Bertz CT molecular complexity index is 266. The number of likely N-dealkylation sites (N-methyl/N-ethyl adjacent to an activating group) is 1. The minimum absolute atomic E-state index is 0.00255. The van der Waals surface area contributed by atoms with Gasteiger partial charge in [0.05, 0.1) is 6.61 Å². The largest absolute Gasteiger partial charge is 0.394 e. The zero-order valence-corrected chi connectivity index (χ0v) is 12.7. The second kappa shape index (κ2) is 7.02. The monoisotopic (exact) mass is 269 g/mol. The van der Waals surface area contributed by atoms with Gasteiger partial charge in [0.25, 0.3) is 0 Å². The summed E-state index contributed by atoms with van der Waals surface area (Å²) in [6, 6.07) is 0.676. The van der Waals surface area contributed by atoms with Gasteiger partial charge in [0.1, 0.15) is 0 Å². The molecule has 0 aromatic heterocycles. The van der Waals surface area contributed by atoms with Gasteiger partial charge in [-0.15, -0.1) is 0 Å². The van der Waals surface area contributed by atoms with Crippen LogP contribution in [0.1, 0.15) is 39.5 Å². The molecule has 112 valence electrons. The summed E-state index contributed by atoms with van der Waals surface area (Å²) in [4.78, 5) is 5.18.